The second kappa shape index (κ2) is 9.28. The predicted molar refractivity (Wildman–Crippen MR) is 111 cm³/mol. The maximum absolute atomic E-state index is 12.1. The Kier molecular flexibility index (Phi) is 6.78. The lowest BCUT2D eigenvalue weighted by molar-refractivity contribution is -0.144. The van der Waals surface area contributed by atoms with Gasteiger partial charge in [0.05, 0.1) is 31.9 Å². The fraction of sp³-hybridized carbons (Fsp3) is 0.200. The van der Waals surface area contributed by atoms with Gasteiger partial charge in [-0.1, -0.05) is 29.3 Å². The van der Waals surface area contributed by atoms with Crippen molar-refractivity contribution in [2.24, 2.45) is 0 Å². The normalized spacial score (nSPS) is 10.6. The average Bonchev–Trinajstić information content (AvgIpc) is 3.17. The van der Waals surface area contributed by atoms with Crippen LogP contribution in [-0.4, -0.2) is 25.2 Å². The summed E-state index contributed by atoms with van der Waals surface area (Å²) in [7, 11) is 3.19. The number of aromatic nitrogens is 1. The van der Waals surface area contributed by atoms with Crippen LogP contribution in [0, 0.1) is 0 Å². The van der Waals surface area contributed by atoms with E-state index in [4.69, 9.17) is 37.4 Å². The number of halogens is 2. The summed E-state index contributed by atoms with van der Waals surface area (Å²) in [4.78, 5) is 16.7. The van der Waals surface area contributed by atoms with E-state index in [1.54, 1.807) is 38.5 Å². The van der Waals surface area contributed by atoms with Gasteiger partial charge in [-0.15, -0.1) is 11.3 Å². The zero-order valence-corrected chi connectivity index (χ0v) is 17.5. The van der Waals surface area contributed by atoms with Crippen molar-refractivity contribution in [3.8, 4) is 22.1 Å². The molecule has 0 aliphatic rings. The van der Waals surface area contributed by atoms with Gasteiger partial charge >= 0.3 is 5.97 Å². The average molecular weight is 438 g/mol. The van der Waals surface area contributed by atoms with Crippen LogP contribution in [0.25, 0.3) is 10.6 Å². The Balaban J connectivity index is 1.66. The van der Waals surface area contributed by atoms with E-state index >= 15 is 0 Å². The zero-order chi connectivity index (χ0) is 20.1. The van der Waals surface area contributed by atoms with Crippen LogP contribution < -0.4 is 9.47 Å². The Hall–Kier alpha value is -2.28. The highest BCUT2D eigenvalue weighted by atomic mass is 35.5. The summed E-state index contributed by atoms with van der Waals surface area (Å²) in [6.07, 6.45) is 0.00179. The van der Waals surface area contributed by atoms with E-state index in [-0.39, 0.29) is 13.0 Å². The third kappa shape index (κ3) is 4.76. The number of ether oxygens (including phenoxy) is 3. The number of carbonyl (C=O) groups excluding carboxylic acids is 1. The van der Waals surface area contributed by atoms with Crippen molar-refractivity contribution in [3.05, 3.63) is 63.1 Å². The summed E-state index contributed by atoms with van der Waals surface area (Å²) in [6.45, 7) is 0.0654. The quantitative estimate of drug-likeness (QED) is 0.461. The molecule has 1 aromatic heterocycles. The molecule has 5 nitrogen and oxygen atoms in total. The molecule has 0 bridgehead atoms. The number of carbonyl (C=O) groups is 1. The number of hydrogen-bond acceptors (Lipinski definition) is 6. The highest BCUT2D eigenvalue weighted by molar-refractivity contribution is 7.13. The fourth-order valence-corrected chi connectivity index (χ4v) is 3.89. The Morgan fingerprint density at radius 2 is 1.86 bits per heavy atom. The number of esters is 1. The molecule has 0 saturated carbocycles. The molecule has 0 amide bonds. The summed E-state index contributed by atoms with van der Waals surface area (Å²) in [6, 6.07) is 10.6. The van der Waals surface area contributed by atoms with Crippen molar-refractivity contribution >= 4 is 40.5 Å². The van der Waals surface area contributed by atoms with Crippen molar-refractivity contribution in [2.75, 3.05) is 14.2 Å². The van der Waals surface area contributed by atoms with Crippen LogP contribution in [0.5, 0.6) is 11.5 Å². The minimum absolute atomic E-state index is 0.00179. The number of nitrogens with zero attached hydrogens (tertiary/aromatic N) is 1. The molecule has 0 unspecified atom stereocenters. The number of hydrogen-bond donors (Lipinski definition) is 0. The highest BCUT2D eigenvalue weighted by Crippen LogP contribution is 2.35. The smallest absolute Gasteiger partial charge is 0.310 e. The first-order valence-electron chi connectivity index (χ1n) is 8.27. The number of benzene rings is 2. The lowest BCUT2D eigenvalue weighted by Crippen LogP contribution is -2.09. The Morgan fingerprint density at radius 3 is 2.54 bits per heavy atom. The first kappa shape index (κ1) is 20.5. The highest BCUT2D eigenvalue weighted by Gasteiger charge is 2.15. The third-order valence-corrected chi connectivity index (χ3v) is 5.59. The minimum Gasteiger partial charge on any atom is -0.497 e. The van der Waals surface area contributed by atoms with Crippen LogP contribution in [0.3, 0.4) is 0 Å². The maximum atomic E-state index is 12.1. The first-order chi connectivity index (χ1) is 13.5. The van der Waals surface area contributed by atoms with Gasteiger partial charge in [0.1, 0.15) is 23.1 Å². The standard InChI is InChI=1S/C20H17Cl2NO4S/c1-25-13-6-7-14(18(8-13)26-2)20-23-12(11-28-20)10-27-19(24)9-15-16(21)4-3-5-17(15)22/h3-8,11H,9-10H2,1-2H3. The minimum atomic E-state index is -0.424. The van der Waals surface area contributed by atoms with Gasteiger partial charge in [-0.25, -0.2) is 4.98 Å². The monoisotopic (exact) mass is 437 g/mol. The van der Waals surface area contributed by atoms with Crippen LogP contribution in [-0.2, 0) is 22.6 Å². The summed E-state index contributed by atoms with van der Waals surface area (Å²) >= 11 is 13.6. The lowest BCUT2D eigenvalue weighted by Gasteiger charge is -2.08. The van der Waals surface area contributed by atoms with Crippen molar-refractivity contribution < 1.29 is 19.0 Å². The van der Waals surface area contributed by atoms with Crippen molar-refractivity contribution in [1.82, 2.24) is 4.98 Å². The predicted octanol–water partition coefficient (Wildman–Crippen LogP) is 5.42. The molecule has 146 valence electrons. The number of thiazole rings is 1. The van der Waals surface area contributed by atoms with Gasteiger partial charge in [0.2, 0.25) is 0 Å². The number of methoxy groups -OCH3 is 2. The molecule has 3 aromatic rings. The molecule has 0 aliphatic heterocycles. The van der Waals surface area contributed by atoms with E-state index in [1.165, 1.54) is 11.3 Å². The molecular formula is C20H17Cl2NO4S. The molecule has 0 saturated heterocycles. The molecule has 0 N–H and O–H groups in total. The van der Waals surface area contributed by atoms with E-state index in [2.05, 4.69) is 4.98 Å². The molecule has 2 aromatic carbocycles. The fourth-order valence-electron chi connectivity index (χ4n) is 2.52. The molecule has 8 heteroatoms. The second-order valence-electron chi connectivity index (χ2n) is 5.75. The van der Waals surface area contributed by atoms with E-state index in [0.717, 1.165) is 10.6 Å². The van der Waals surface area contributed by atoms with E-state index in [0.29, 0.717) is 32.8 Å². The molecule has 0 aliphatic carbocycles. The first-order valence-corrected chi connectivity index (χ1v) is 9.90. The summed E-state index contributed by atoms with van der Waals surface area (Å²) in [5.74, 6) is 0.932. The molecule has 0 fully saturated rings. The van der Waals surface area contributed by atoms with E-state index in [1.807, 2.05) is 17.5 Å². The topological polar surface area (TPSA) is 57.7 Å². The van der Waals surface area contributed by atoms with Gasteiger partial charge in [0.15, 0.2) is 0 Å². The van der Waals surface area contributed by atoms with E-state index in [9.17, 15) is 4.79 Å². The molecule has 0 atom stereocenters. The second-order valence-corrected chi connectivity index (χ2v) is 7.42. The summed E-state index contributed by atoms with van der Waals surface area (Å²) in [5.41, 5.74) is 2.04. The molecular weight excluding hydrogens is 421 g/mol. The SMILES string of the molecule is COc1ccc(-c2nc(COC(=O)Cc3c(Cl)cccc3Cl)cs2)c(OC)c1. The van der Waals surface area contributed by atoms with Gasteiger partial charge in [-0.2, -0.15) is 0 Å². The Labute approximate surface area is 176 Å². The van der Waals surface area contributed by atoms with Gasteiger partial charge in [-0.3, -0.25) is 4.79 Å². The van der Waals surface area contributed by atoms with Crippen molar-refractivity contribution in [2.45, 2.75) is 13.0 Å². The van der Waals surface area contributed by atoms with Gasteiger partial charge in [-0.05, 0) is 24.3 Å². The molecule has 0 spiro atoms. The largest absolute Gasteiger partial charge is 0.497 e. The van der Waals surface area contributed by atoms with Crippen LogP contribution in [0.4, 0.5) is 0 Å². The van der Waals surface area contributed by atoms with Crippen LogP contribution in [0.15, 0.2) is 41.8 Å². The summed E-state index contributed by atoms with van der Waals surface area (Å²) in [5, 5.41) is 3.48. The summed E-state index contributed by atoms with van der Waals surface area (Å²) < 4.78 is 15.9. The maximum Gasteiger partial charge on any atom is 0.310 e. The van der Waals surface area contributed by atoms with Gasteiger partial charge in [0.25, 0.3) is 0 Å². The molecule has 1 heterocycles. The van der Waals surface area contributed by atoms with E-state index < -0.39 is 5.97 Å². The van der Waals surface area contributed by atoms with Crippen LogP contribution in [0.2, 0.25) is 10.0 Å². The van der Waals surface area contributed by atoms with Crippen molar-refractivity contribution in [3.63, 3.8) is 0 Å². The molecule has 0 radical (unpaired) electrons. The number of rotatable bonds is 7. The van der Waals surface area contributed by atoms with Gasteiger partial charge < -0.3 is 14.2 Å². The third-order valence-electron chi connectivity index (χ3n) is 3.95. The zero-order valence-electron chi connectivity index (χ0n) is 15.2. The van der Waals surface area contributed by atoms with Crippen LogP contribution in [0.1, 0.15) is 11.3 Å². The Morgan fingerprint density at radius 1 is 1.11 bits per heavy atom. The van der Waals surface area contributed by atoms with Crippen molar-refractivity contribution in [1.29, 1.82) is 0 Å². The Bertz CT molecular complexity index is 970. The lowest BCUT2D eigenvalue weighted by atomic mass is 10.1. The van der Waals surface area contributed by atoms with Gasteiger partial charge in [0, 0.05) is 27.1 Å². The van der Waals surface area contributed by atoms with Crippen LogP contribution >= 0.6 is 34.5 Å². The molecule has 3 rings (SSSR count). The molecule has 28 heavy (non-hydrogen) atoms.